The van der Waals surface area contributed by atoms with E-state index in [2.05, 4.69) is 4.98 Å². The second-order valence-corrected chi connectivity index (χ2v) is 3.82. The second kappa shape index (κ2) is 3.95. The van der Waals surface area contributed by atoms with Crippen molar-refractivity contribution in [1.82, 2.24) is 4.98 Å². The molecule has 0 aliphatic rings. The van der Waals surface area contributed by atoms with Gasteiger partial charge in [-0.15, -0.1) is 0 Å². The first-order chi connectivity index (χ1) is 7.24. The van der Waals surface area contributed by atoms with E-state index in [1.165, 1.54) is 5.56 Å². The molecule has 2 aromatic rings. The zero-order valence-corrected chi connectivity index (χ0v) is 8.88. The summed E-state index contributed by atoms with van der Waals surface area (Å²) in [6.45, 7) is 2.71. The molecule has 4 N–H and O–H groups in total. The Balaban J connectivity index is 2.55. The first kappa shape index (κ1) is 10.1. The van der Waals surface area contributed by atoms with Crippen molar-refractivity contribution < 1.29 is 5.11 Å². The molecule has 2 rings (SSSR count). The Morgan fingerprint density at radius 2 is 2.20 bits per heavy atom. The highest BCUT2D eigenvalue weighted by Crippen LogP contribution is 2.30. The average molecular weight is 204 g/mol. The molecule has 1 aromatic carbocycles. The van der Waals surface area contributed by atoms with Crippen LogP contribution in [0.3, 0.4) is 0 Å². The van der Waals surface area contributed by atoms with Gasteiger partial charge < -0.3 is 15.8 Å². The Kier molecular flexibility index (Phi) is 2.64. The van der Waals surface area contributed by atoms with Crippen LogP contribution in [-0.4, -0.2) is 16.6 Å². The van der Waals surface area contributed by atoms with Crippen molar-refractivity contribution in [3.8, 4) is 5.75 Å². The van der Waals surface area contributed by atoms with E-state index in [-0.39, 0.29) is 0 Å². The third kappa shape index (κ3) is 1.70. The maximum Gasteiger partial charge on any atom is 0.125 e. The quantitative estimate of drug-likeness (QED) is 0.716. The van der Waals surface area contributed by atoms with E-state index in [0.717, 1.165) is 29.4 Å². The van der Waals surface area contributed by atoms with Crippen molar-refractivity contribution in [2.24, 2.45) is 5.73 Å². The molecule has 0 radical (unpaired) electrons. The van der Waals surface area contributed by atoms with Crippen LogP contribution in [0, 0.1) is 6.92 Å². The molecule has 0 saturated carbocycles. The van der Waals surface area contributed by atoms with Crippen molar-refractivity contribution in [2.75, 3.05) is 6.54 Å². The van der Waals surface area contributed by atoms with E-state index in [1.807, 2.05) is 19.1 Å². The van der Waals surface area contributed by atoms with Gasteiger partial charge in [-0.3, -0.25) is 0 Å². The minimum Gasteiger partial charge on any atom is -0.507 e. The highest BCUT2D eigenvalue weighted by atomic mass is 16.3. The van der Waals surface area contributed by atoms with E-state index in [1.54, 1.807) is 6.07 Å². The predicted molar refractivity (Wildman–Crippen MR) is 62.1 cm³/mol. The number of phenolic OH excluding ortho intramolecular Hbond substituents is 1. The SMILES string of the molecule is Cc1[nH]c2cccc(O)c2c1CCCN. The number of rotatable bonds is 3. The molecule has 0 atom stereocenters. The van der Waals surface area contributed by atoms with Crippen LogP contribution in [-0.2, 0) is 6.42 Å². The number of aromatic amines is 1. The van der Waals surface area contributed by atoms with Crippen molar-refractivity contribution in [2.45, 2.75) is 19.8 Å². The molecule has 0 saturated heterocycles. The summed E-state index contributed by atoms with van der Waals surface area (Å²) in [6.07, 6.45) is 1.86. The molecule has 1 heterocycles. The molecular weight excluding hydrogens is 188 g/mol. The van der Waals surface area contributed by atoms with Crippen LogP contribution in [0.4, 0.5) is 0 Å². The number of aromatic nitrogens is 1. The molecule has 0 fully saturated rings. The van der Waals surface area contributed by atoms with Gasteiger partial charge in [-0.25, -0.2) is 0 Å². The van der Waals surface area contributed by atoms with Gasteiger partial charge in [0, 0.05) is 16.6 Å². The second-order valence-electron chi connectivity index (χ2n) is 3.82. The first-order valence-corrected chi connectivity index (χ1v) is 5.23. The Bertz CT molecular complexity index is 474. The summed E-state index contributed by atoms with van der Waals surface area (Å²) < 4.78 is 0. The summed E-state index contributed by atoms with van der Waals surface area (Å²) in [4.78, 5) is 3.28. The molecule has 0 spiro atoms. The van der Waals surface area contributed by atoms with Gasteiger partial charge >= 0.3 is 0 Å². The molecule has 0 aliphatic heterocycles. The zero-order chi connectivity index (χ0) is 10.8. The Hall–Kier alpha value is -1.48. The molecule has 80 valence electrons. The lowest BCUT2D eigenvalue weighted by Gasteiger charge is -2.01. The number of fused-ring (bicyclic) bond motifs is 1. The largest absolute Gasteiger partial charge is 0.507 e. The summed E-state index contributed by atoms with van der Waals surface area (Å²) in [6, 6.07) is 5.55. The Morgan fingerprint density at radius 3 is 2.93 bits per heavy atom. The monoisotopic (exact) mass is 204 g/mol. The van der Waals surface area contributed by atoms with Crippen LogP contribution in [0.1, 0.15) is 17.7 Å². The summed E-state index contributed by atoms with van der Waals surface area (Å²) in [5.74, 6) is 0.351. The number of hydrogen-bond donors (Lipinski definition) is 3. The van der Waals surface area contributed by atoms with Crippen molar-refractivity contribution in [1.29, 1.82) is 0 Å². The van der Waals surface area contributed by atoms with Gasteiger partial charge in [0.2, 0.25) is 0 Å². The van der Waals surface area contributed by atoms with Crippen LogP contribution in [0.25, 0.3) is 10.9 Å². The third-order valence-corrected chi connectivity index (χ3v) is 2.75. The predicted octanol–water partition coefficient (Wildman–Crippen LogP) is 2.07. The first-order valence-electron chi connectivity index (χ1n) is 5.23. The van der Waals surface area contributed by atoms with Crippen molar-refractivity contribution >= 4 is 10.9 Å². The van der Waals surface area contributed by atoms with Crippen LogP contribution in [0.5, 0.6) is 5.75 Å². The van der Waals surface area contributed by atoms with Gasteiger partial charge in [0.25, 0.3) is 0 Å². The highest BCUT2D eigenvalue weighted by molar-refractivity contribution is 5.90. The van der Waals surface area contributed by atoms with Crippen LogP contribution < -0.4 is 5.73 Å². The molecule has 15 heavy (non-hydrogen) atoms. The summed E-state index contributed by atoms with van der Waals surface area (Å²) in [5.41, 5.74) is 8.82. The highest BCUT2D eigenvalue weighted by Gasteiger charge is 2.10. The van der Waals surface area contributed by atoms with E-state index >= 15 is 0 Å². The van der Waals surface area contributed by atoms with Gasteiger partial charge in [0.15, 0.2) is 0 Å². The summed E-state index contributed by atoms with van der Waals surface area (Å²) >= 11 is 0. The van der Waals surface area contributed by atoms with E-state index in [0.29, 0.717) is 12.3 Å². The molecule has 0 aliphatic carbocycles. The van der Waals surface area contributed by atoms with Gasteiger partial charge in [0.05, 0.1) is 0 Å². The zero-order valence-electron chi connectivity index (χ0n) is 8.88. The fraction of sp³-hybridized carbons (Fsp3) is 0.333. The number of aromatic hydroxyl groups is 1. The minimum atomic E-state index is 0.351. The summed E-state index contributed by atoms with van der Waals surface area (Å²) in [5, 5.41) is 10.8. The van der Waals surface area contributed by atoms with Gasteiger partial charge in [-0.1, -0.05) is 6.07 Å². The third-order valence-electron chi connectivity index (χ3n) is 2.75. The van der Waals surface area contributed by atoms with Gasteiger partial charge in [-0.2, -0.15) is 0 Å². The molecule has 0 bridgehead atoms. The van der Waals surface area contributed by atoms with Crippen LogP contribution in [0.2, 0.25) is 0 Å². The number of nitrogens with two attached hydrogens (primary N) is 1. The standard InChI is InChI=1S/C12H16N2O/c1-8-9(4-3-7-13)12-10(14-8)5-2-6-11(12)15/h2,5-6,14-15H,3-4,7,13H2,1H3. The fourth-order valence-corrected chi connectivity index (χ4v) is 2.02. The van der Waals surface area contributed by atoms with Crippen LogP contribution >= 0.6 is 0 Å². The summed E-state index contributed by atoms with van der Waals surface area (Å²) in [7, 11) is 0. The average Bonchev–Trinajstić information content (AvgIpc) is 2.53. The molecule has 0 amide bonds. The smallest absolute Gasteiger partial charge is 0.125 e. The van der Waals surface area contributed by atoms with E-state index < -0.39 is 0 Å². The minimum absolute atomic E-state index is 0.351. The number of nitrogens with one attached hydrogen (secondary N) is 1. The van der Waals surface area contributed by atoms with Crippen molar-refractivity contribution in [3.63, 3.8) is 0 Å². The lowest BCUT2D eigenvalue weighted by atomic mass is 10.1. The topological polar surface area (TPSA) is 62.0 Å². The normalized spacial score (nSPS) is 11.1. The van der Waals surface area contributed by atoms with Gasteiger partial charge in [0.1, 0.15) is 5.75 Å². The molecule has 0 unspecified atom stereocenters. The Morgan fingerprint density at radius 1 is 1.40 bits per heavy atom. The fourth-order valence-electron chi connectivity index (χ4n) is 2.02. The Labute approximate surface area is 88.9 Å². The maximum absolute atomic E-state index is 9.81. The maximum atomic E-state index is 9.81. The van der Waals surface area contributed by atoms with Gasteiger partial charge in [-0.05, 0) is 44.0 Å². The lowest BCUT2D eigenvalue weighted by Crippen LogP contribution is -2.00. The molecule has 1 aromatic heterocycles. The molecular formula is C12H16N2O. The number of benzene rings is 1. The van der Waals surface area contributed by atoms with E-state index in [9.17, 15) is 5.11 Å². The van der Waals surface area contributed by atoms with Crippen LogP contribution in [0.15, 0.2) is 18.2 Å². The lowest BCUT2D eigenvalue weighted by molar-refractivity contribution is 0.481. The number of H-pyrrole nitrogens is 1. The van der Waals surface area contributed by atoms with Crippen molar-refractivity contribution in [3.05, 3.63) is 29.5 Å². The molecule has 3 heteroatoms. The van der Waals surface area contributed by atoms with E-state index in [4.69, 9.17) is 5.73 Å². The number of hydrogen-bond acceptors (Lipinski definition) is 2. The number of phenols is 1. The number of aryl methyl sites for hydroxylation is 2. The molecule has 3 nitrogen and oxygen atoms in total.